The standard InChI is InChI=1S/C17H33N3/c1-2-10-18-16-8-5-9-17(16)20-13-11-19(12-14-20)15-6-3-4-7-15/h15-18H,2-14H2,1H3. The molecule has 0 amide bonds. The van der Waals surface area contributed by atoms with E-state index in [1.807, 2.05) is 0 Å². The van der Waals surface area contributed by atoms with Crippen molar-refractivity contribution in [3.8, 4) is 0 Å². The normalized spacial score (nSPS) is 34.0. The number of rotatable bonds is 5. The number of piperazine rings is 1. The lowest BCUT2D eigenvalue weighted by Gasteiger charge is -2.42. The Balaban J connectivity index is 1.47. The van der Waals surface area contributed by atoms with Crippen molar-refractivity contribution in [2.45, 2.75) is 76.4 Å². The summed E-state index contributed by atoms with van der Waals surface area (Å²) in [5.74, 6) is 0. The van der Waals surface area contributed by atoms with Gasteiger partial charge in [0.2, 0.25) is 0 Å². The van der Waals surface area contributed by atoms with Crippen molar-refractivity contribution in [1.29, 1.82) is 0 Å². The second-order valence-electron chi connectivity index (χ2n) is 7.07. The summed E-state index contributed by atoms with van der Waals surface area (Å²) in [6.07, 6.45) is 11.4. The van der Waals surface area contributed by atoms with Crippen molar-refractivity contribution < 1.29 is 0 Å². The van der Waals surface area contributed by atoms with Crippen LogP contribution in [0.1, 0.15) is 58.3 Å². The number of hydrogen-bond donors (Lipinski definition) is 1. The molecule has 116 valence electrons. The van der Waals surface area contributed by atoms with Crippen molar-refractivity contribution in [1.82, 2.24) is 15.1 Å². The van der Waals surface area contributed by atoms with Gasteiger partial charge in [0, 0.05) is 44.3 Å². The zero-order chi connectivity index (χ0) is 13.8. The topological polar surface area (TPSA) is 18.5 Å². The lowest BCUT2D eigenvalue weighted by Crippen LogP contribution is -2.56. The van der Waals surface area contributed by atoms with E-state index in [0.717, 1.165) is 18.1 Å². The molecule has 0 radical (unpaired) electrons. The van der Waals surface area contributed by atoms with E-state index in [9.17, 15) is 0 Å². The van der Waals surface area contributed by atoms with Crippen molar-refractivity contribution in [2.24, 2.45) is 0 Å². The SMILES string of the molecule is CCCNC1CCCC1N1CCN(C2CCCC2)CC1. The van der Waals surface area contributed by atoms with Crippen LogP contribution in [0.2, 0.25) is 0 Å². The maximum absolute atomic E-state index is 3.79. The first-order chi connectivity index (χ1) is 9.88. The molecular weight excluding hydrogens is 246 g/mol. The van der Waals surface area contributed by atoms with Crippen LogP contribution < -0.4 is 5.32 Å². The lowest BCUT2D eigenvalue weighted by atomic mass is 10.1. The molecule has 3 nitrogen and oxygen atoms in total. The third-order valence-corrected chi connectivity index (χ3v) is 5.79. The maximum Gasteiger partial charge on any atom is 0.0250 e. The average molecular weight is 279 g/mol. The van der Waals surface area contributed by atoms with E-state index in [2.05, 4.69) is 22.0 Å². The molecule has 2 saturated carbocycles. The minimum absolute atomic E-state index is 0.771. The monoisotopic (exact) mass is 279 g/mol. The Morgan fingerprint density at radius 2 is 1.55 bits per heavy atom. The molecule has 3 aliphatic rings. The molecule has 3 rings (SSSR count). The largest absolute Gasteiger partial charge is 0.312 e. The quantitative estimate of drug-likeness (QED) is 0.834. The minimum atomic E-state index is 0.771. The Morgan fingerprint density at radius 3 is 2.25 bits per heavy atom. The molecule has 0 aromatic carbocycles. The highest BCUT2D eigenvalue weighted by molar-refractivity contribution is 4.93. The zero-order valence-electron chi connectivity index (χ0n) is 13.3. The second-order valence-corrected chi connectivity index (χ2v) is 7.07. The second kappa shape index (κ2) is 7.24. The van der Waals surface area contributed by atoms with E-state index < -0.39 is 0 Å². The van der Waals surface area contributed by atoms with Gasteiger partial charge in [-0.3, -0.25) is 9.80 Å². The van der Waals surface area contributed by atoms with E-state index in [1.165, 1.54) is 84.1 Å². The lowest BCUT2D eigenvalue weighted by molar-refractivity contribution is 0.0637. The highest BCUT2D eigenvalue weighted by atomic mass is 15.3. The Kier molecular flexibility index (Phi) is 5.36. The molecule has 1 aliphatic heterocycles. The van der Waals surface area contributed by atoms with Gasteiger partial charge in [-0.1, -0.05) is 26.2 Å². The Morgan fingerprint density at radius 1 is 0.850 bits per heavy atom. The van der Waals surface area contributed by atoms with E-state index in [0.29, 0.717) is 0 Å². The van der Waals surface area contributed by atoms with Gasteiger partial charge in [0.1, 0.15) is 0 Å². The first kappa shape index (κ1) is 14.8. The van der Waals surface area contributed by atoms with Crippen LogP contribution in [-0.4, -0.2) is 60.6 Å². The molecule has 0 aromatic heterocycles. The number of nitrogens with one attached hydrogen (secondary N) is 1. The van der Waals surface area contributed by atoms with Crippen LogP contribution in [0.15, 0.2) is 0 Å². The van der Waals surface area contributed by atoms with Crippen molar-refractivity contribution in [2.75, 3.05) is 32.7 Å². The van der Waals surface area contributed by atoms with Gasteiger partial charge in [0.25, 0.3) is 0 Å². The summed E-state index contributed by atoms with van der Waals surface area (Å²) >= 11 is 0. The summed E-state index contributed by atoms with van der Waals surface area (Å²) in [5.41, 5.74) is 0. The molecule has 2 atom stereocenters. The fourth-order valence-corrected chi connectivity index (χ4v) is 4.65. The molecule has 2 unspecified atom stereocenters. The van der Waals surface area contributed by atoms with E-state index in [4.69, 9.17) is 0 Å². The molecule has 0 bridgehead atoms. The third kappa shape index (κ3) is 3.37. The van der Waals surface area contributed by atoms with Gasteiger partial charge < -0.3 is 5.32 Å². The van der Waals surface area contributed by atoms with Crippen molar-refractivity contribution in [3.05, 3.63) is 0 Å². The fourth-order valence-electron chi connectivity index (χ4n) is 4.65. The highest BCUT2D eigenvalue weighted by Crippen LogP contribution is 2.28. The van der Waals surface area contributed by atoms with Gasteiger partial charge in [-0.05, 0) is 38.6 Å². The predicted molar refractivity (Wildman–Crippen MR) is 85.1 cm³/mol. The Labute approximate surface area is 125 Å². The van der Waals surface area contributed by atoms with Gasteiger partial charge in [-0.2, -0.15) is 0 Å². The summed E-state index contributed by atoms with van der Waals surface area (Å²) in [7, 11) is 0. The summed E-state index contributed by atoms with van der Waals surface area (Å²) in [6, 6.07) is 2.52. The summed E-state index contributed by atoms with van der Waals surface area (Å²) in [5, 5.41) is 3.79. The molecule has 3 fully saturated rings. The van der Waals surface area contributed by atoms with Gasteiger partial charge in [0.05, 0.1) is 0 Å². The summed E-state index contributed by atoms with van der Waals surface area (Å²) in [6.45, 7) is 8.74. The van der Waals surface area contributed by atoms with E-state index in [-0.39, 0.29) is 0 Å². The molecule has 2 aliphatic carbocycles. The number of hydrogen-bond acceptors (Lipinski definition) is 3. The smallest absolute Gasteiger partial charge is 0.0250 e. The van der Waals surface area contributed by atoms with Crippen LogP contribution in [0, 0.1) is 0 Å². The summed E-state index contributed by atoms with van der Waals surface area (Å²) < 4.78 is 0. The third-order valence-electron chi connectivity index (χ3n) is 5.79. The van der Waals surface area contributed by atoms with Crippen LogP contribution in [0.25, 0.3) is 0 Å². The maximum atomic E-state index is 3.79. The summed E-state index contributed by atoms with van der Waals surface area (Å²) in [4.78, 5) is 5.58. The minimum Gasteiger partial charge on any atom is -0.312 e. The molecule has 0 spiro atoms. The van der Waals surface area contributed by atoms with Crippen molar-refractivity contribution in [3.63, 3.8) is 0 Å². The first-order valence-corrected chi connectivity index (χ1v) is 9.10. The van der Waals surface area contributed by atoms with Gasteiger partial charge in [-0.25, -0.2) is 0 Å². The first-order valence-electron chi connectivity index (χ1n) is 9.10. The zero-order valence-corrected chi connectivity index (χ0v) is 13.3. The molecule has 20 heavy (non-hydrogen) atoms. The number of nitrogens with zero attached hydrogens (tertiary/aromatic N) is 2. The molecule has 1 N–H and O–H groups in total. The van der Waals surface area contributed by atoms with E-state index >= 15 is 0 Å². The average Bonchev–Trinajstić information content (AvgIpc) is 3.16. The Hall–Kier alpha value is -0.120. The molecule has 3 heteroatoms. The van der Waals surface area contributed by atoms with Crippen LogP contribution in [0.4, 0.5) is 0 Å². The van der Waals surface area contributed by atoms with Gasteiger partial charge in [-0.15, -0.1) is 0 Å². The van der Waals surface area contributed by atoms with Gasteiger partial charge in [0.15, 0.2) is 0 Å². The van der Waals surface area contributed by atoms with Crippen LogP contribution in [-0.2, 0) is 0 Å². The predicted octanol–water partition coefficient (Wildman–Crippen LogP) is 2.47. The van der Waals surface area contributed by atoms with Crippen LogP contribution in [0.3, 0.4) is 0 Å². The van der Waals surface area contributed by atoms with E-state index in [1.54, 1.807) is 0 Å². The Bertz CT molecular complexity index is 280. The highest BCUT2D eigenvalue weighted by Gasteiger charge is 2.34. The molecule has 1 saturated heterocycles. The fraction of sp³-hybridized carbons (Fsp3) is 1.00. The van der Waals surface area contributed by atoms with Crippen LogP contribution in [0.5, 0.6) is 0 Å². The molecule has 1 heterocycles. The van der Waals surface area contributed by atoms with Crippen molar-refractivity contribution >= 4 is 0 Å². The molecular formula is C17H33N3. The van der Waals surface area contributed by atoms with Gasteiger partial charge >= 0.3 is 0 Å². The molecule has 0 aromatic rings. The van der Waals surface area contributed by atoms with Crippen LogP contribution >= 0.6 is 0 Å².